The monoisotopic (exact) mass is 285 g/mol. The van der Waals surface area contributed by atoms with Gasteiger partial charge < -0.3 is 15.0 Å². The lowest BCUT2D eigenvalue weighted by atomic mass is 9.98. The molecule has 0 saturated heterocycles. The molecule has 2 unspecified atom stereocenters. The number of imidazole rings is 1. The minimum absolute atomic E-state index is 0.230. The normalized spacial score (nSPS) is 21.1. The van der Waals surface area contributed by atoms with Crippen LogP contribution >= 0.6 is 0 Å². The lowest BCUT2D eigenvalue weighted by Gasteiger charge is -2.26. The summed E-state index contributed by atoms with van der Waals surface area (Å²) in [6.45, 7) is 7.89. The van der Waals surface area contributed by atoms with E-state index >= 15 is 0 Å². The van der Waals surface area contributed by atoms with Crippen LogP contribution in [0.15, 0.2) is 24.3 Å². The summed E-state index contributed by atoms with van der Waals surface area (Å²) in [7, 11) is 0. The van der Waals surface area contributed by atoms with Gasteiger partial charge in [-0.25, -0.2) is 4.98 Å². The number of fused-ring (bicyclic) bond motifs is 1. The van der Waals surface area contributed by atoms with Crippen molar-refractivity contribution >= 4 is 0 Å². The van der Waals surface area contributed by atoms with E-state index in [2.05, 4.69) is 30.5 Å². The number of ether oxygens (including phenoxy) is 1. The summed E-state index contributed by atoms with van der Waals surface area (Å²) < 4.78 is 7.78. The van der Waals surface area contributed by atoms with E-state index in [1.54, 1.807) is 0 Å². The Kier molecular flexibility index (Phi) is 3.72. The average Bonchev–Trinajstić information content (AvgIpc) is 2.78. The molecule has 112 valence electrons. The molecule has 1 aliphatic rings. The highest BCUT2D eigenvalue weighted by Crippen LogP contribution is 2.32. The second-order valence-electron chi connectivity index (χ2n) is 5.87. The van der Waals surface area contributed by atoms with Crippen LogP contribution in [0.2, 0.25) is 0 Å². The molecule has 0 aliphatic carbocycles. The number of nitrogens with two attached hydrogens (primary N) is 1. The molecule has 2 atom stereocenters. The highest BCUT2D eigenvalue weighted by atomic mass is 16.5. The number of benzene rings is 1. The molecule has 3 rings (SSSR count). The third-order valence-electron chi connectivity index (χ3n) is 4.20. The molecule has 2 N–H and O–H groups in total. The van der Waals surface area contributed by atoms with E-state index in [4.69, 9.17) is 15.5 Å². The molecule has 4 heteroatoms. The van der Waals surface area contributed by atoms with Crippen molar-refractivity contribution in [1.29, 1.82) is 0 Å². The number of rotatable bonds is 3. The van der Waals surface area contributed by atoms with Crippen molar-refractivity contribution in [3.63, 3.8) is 0 Å². The minimum Gasteiger partial charge on any atom is -0.494 e. The lowest BCUT2D eigenvalue weighted by molar-refractivity contribution is 0.340. The van der Waals surface area contributed by atoms with Gasteiger partial charge in [-0.1, -0.05) is 6.92 Å². The zero-order valence-corrected chi connectivity index (χ0v) is 13.0. The Morgan fingerprint density at radius 3 is 2.71 bits per heavy atom. The molecule has 0 saturated carbocycles. The molecule has 1 aliphatic heterocycles. The van der Waals surface area contributed by atoms with Crippen LogP contribution in [0, 0.1) is 6.92 Å². The predicted octanol–water partition coefficient (Wildman–Crippen LogP) is 3.09. The summed E-state index contributed by atoms with van der Waals surface area (Å²) in [6.07, 6.45) is 1.01. The third kappa shape index (κ3) is 2.56. The molecule has 21 heavy (non-hydrogen) atoms. The third-order valence-corrected chi connectivity index (χ3v) is 4.20. The second kappa shape index (κ2) is 5.53. The zero-order valence-electron chi connectivity index (χ0n) is 13.0. The van der Waals surface area contributed by atoms with Crippen molar-refractivity contribution in [1.82, 2.24) is 9.55 Å². The molecule has 0 radical (unpaired) electrons. The summed E-state index contributed by atoms with van der Waals surface area (Å²) in [5, 5.41) is 0. The molecule has 2 heterocycles. The van der Waals surface area contributed by atoms with Gasteiger partial charge in [0.15, 0.2) is 0 Å². The van der Waals surface area contributed by atoms with E-state index in [1.165, 1.54) is 5.69 Å². The fraction of sp³-hybridized carbons (Fsp3) is 0.471. The predicted molar refractivity (Wildman–Crippen MR) is 84.6 cm³/mol. The van der Waals surface area contributed by atoms with E-state index in [-0.39, 0.29) is 6.04 Å². The van der Waals surface area contributed by atoms with Gasteiger partial charge in [0.1, 0.15) is 11.6 Å². The maximum atomic E-state index is 6.14. The molecule has 0 amide bonds. The van der Waals surface area contributed by atoms with E-state index in [9.17, 15) is 0 Å². The molecule has 2 aromatic rings. The van der Waals surface area contributed by atoms with Crippen LogP contribution in [0.25, 0.3) is 11.3 Å². The smallest absolute Gasteiger partial charge is 0.119 e. The van der Waals surface area contributed by atoms with Gasteiger partial charge in [0.25, 0.3) is 0 Å². The Balaban J connectivity index is 1.98. The number of hydrogen-bond donors (Lipinski definition) is 1. The minimum atomic E-state index is 0.230. The Labute approximate surface area is 125 Å². The van der Waals surface area contributed by atoms with Crippen molar-refractivity contribution in [3.8, 4) is 17.0 Å². The van der Waals surface area contributed by atoms with Crippen LogP contribution in [0.4, 0.5) is 0 Å². The Morgan fingerprint density at radius 1 is 1.33 bits per heavy atom. The van der Waals surface area contributed by atoms with Crippen molar-refractivity contribution < 1.29 is 4.74 Å². The highest BCUT2D eigenvalue weighted by molar-refractivity contribution is 5.63. The molecule has 0 bridgehead atoms. The second-order valence-corrected chi connectivity index (χ2v) is 5.87. The molecule has 0 fully saturated rings. The van der Waals surface area contributed by atoms with Crippen molar-refractivity contribution in [3.05, 3.63) is 35.8 Å². The van der Waals surface area contributed by atoms with Crippen LogP contribution in [-0.2, 0) is 6.54 Å². The average molecular weight is 285 g/mol. The molecular formula is C17H23N3O. The Morgan fingerprint density at radius 2 is 2.05 bits per heavy atom. The molecule has 0 spiro atoms. The zero-order chi connectivity index (χ0) is 15.0. The molecular weight excluding hydrogens is 262 g/mol. The van der Waals surface area contributed by atoms with E-state index < -0.39 is 0 Å². The van der Waals surface area contributed by atoms with Crippen molar-refractivity contribution in [2.75, 3.05) is 6.61 Å². The number of hydrogen-bond acceptors (Lipinski definition) is 3. The van der Waals surface area contributed by atoms with Crippen LogP contribution < -0.4 is 10.5 Å². The maximum Gasteiger partial charge on any atom is 0.119 e. The van der Waals surface area contributed by atoms with Gasteiger partial charge in [-0.2, -0.15) is 0 Å². The molecule has 4 nitrogen and oxygen atoms in total. The summed E-state index contributed by atoms with van der Waals surface area (Å²) in [6, 6.07) is 8.40. The van der Waals surface area contributed by atoms with Gasteiger partial charge in [-0.3, -0.25) is 0 Å². The number of aromatic nitrogens is 2. The first-order valence-electron chi connectivity index (χ1n) is 7.66. The Bertz CT molecular complexity index is 630. The van der Waals surface area contributed by atoms with Gasteiger partial charge in [-0.15, -0.1) is 0 Å². The largest absolute Gasteiger partial charge is 0.494 e. The van der Waals surface area contributed by atoms with E-state index in [1.807, 2.05) is 19.1 Å². The Hall–Kier alpha value is -1.81. The van der Waals surface area contributed by atoms with Gasteiger partial charge in [0, 0.05) is 29.8 Å². The first-order valence-corrected chi connectivity index (χ1v) is 7.66. The van der Waals surface area contributed by atoms with Gasteiger partial charge in [0.2, 0.25) is 0 Å². The molecule has 1 aromatic heterocycles. The number of nitrogens with zero attached hydrogens (tertiary/aromatic N) is 2. The van der Waals surface area contributed by atoms with E-state index in [0.29, 0.717) is 12.5 Å². The molecule has 1 aromatic carbocycles. The maximum absolute atomic E-state index is 6.14. The first-order chi connectivity index (χ1) is 10.1. The van der Waals surface area contributed by atoms with Crippen LogP contribution in [0.5, 0.6) is 5.75 Å². The van der Waals surface area contributed by atoms with Gasteiger partial charge in [-0.05, 0) is 44.5 Å². The fourth-order valence-electron chi connectivity index (χ4n) is 3.18. The van der Waals surface area contributed by atoms with E-state index in [0.717, 1.165) is 35.8 Å². The van der Waals surface area contributed by atoms with Crippen LogP contribution in [-0.4, -0.2) is 22.2 Å². The topological polar surface area (TPSA) is 53.1 Å². The quantitative estimate of drug-likeness (QED) is 0.943. The summed E-state index contributed by atoms with van der Waals surface area (Å²) >= 11 is 0. The summed E-state index contributed by atoms with van der Waals surface area (Å²) in [4.78, 5) is 4.88. The fourth-order valence-corrected chi connectivity index (χ4v) is 3.18. The first kappa shape index (κ1) is 14.1. The van der Waals surface area contributed by atoms with Gasteiger partial charge >= 0.3 is 0 Å². The summed E-state index contributed by atoms with van der Waals surface area (Å²) in [5.74, 6) is 2.49. The van der Waals surface area contributed by atoms with Crippen molar-refractivity contribution in [2.24, 2.45) is 5.73 Å². The van der Waals surface area contributed by atoms with Gasteiger partial charge in [0.05, 0.1) is 12.3 Å². The lowest BCUT2D eigenvalue weighted by Crippen LogP contribution is -2.34. The van der Waals surface area contributed by atoms with Crippen LogP contribution in [0.3, 0.4) is 0 Å². The van der Waals surface area contributed by atoms with Crippen molar-refractivity contribution in [2.45, 2.75) is 45.7 Å². The standard InChI is InChI=1S/C17H23N3O/c1-4-21-15-7-5-13(6-8-15)16-12(3)20-10-14(18)9-11(2)17(20)19-16/h5-8,11,14H,4,9-10,18H2,1-3H3. The summed E-state index contributed by atoms with van der Waals surface area (Å²) in [5.41, 5.74) is 9.55. The SMILES string of the molecule is CCOc1ccc(-c2nc3n(c2C)CC(N)CC3C)cc1. The van der Waals surface area contributed by atoms with Crippen LogP contribution in [0.1, 0.15) is 37.7 Å². The highest BCUT2D eigenvalue weighted by Gasteiger charge is 2.26.